The maximum absolute atomic E-state index is 6.26. The molecule has 0 saturated carbocycles. The van der Waals surface area contributed by atoms with Gasteiger partial charge in [-0.2, -0.15) is 0 Å². The maximum atomic E-state index is 6.26. The van der Waals surface area contributed by atoms with Gasteiger partial charge < -0.3 is 9.47 Å². The summed E-state index contributed by atoms with van der Waals surface area (Å²) in [7, 11) is 0. The van der Waals surface area contributed by atoms with Crippen LogP contribution in [0, 0.1) is 27.7 Å². The highest BCUT2D eigenvalue weighted by atomic mass is 16.5. The van der Waals surface area contributed by atoms with Crippen LogP contribution >= 0.6 is 0 Å². The molecule has 0 saturated heterocycles. The first kappa shape index (κ1) is 18.9. The van der Waals surface area contributed by atoms with Gasteiger partial charge in [-0.1, -0.05) is 59.7 Å². The highest BCUT2D eigenvalue weighted by Gasteiger charge is 2.28. The number of rotatable bonds is 2. The molecular weight excluding hydrogens is 392 g/mol. The Kier molecular flexibility index (Phi) is 4.06. The molecule has 0 amide bonds. The molecule has 4 aromatic rings. The molecule has 156 valence electrons. The van der Waals surface area contributed by atoms with Crippen LogP contribution in [0.4, 0.5) is 0 Å². The van der Waals surface area contributed by atoms with E-state index in [-0.39, 0.29) is 0 Å². The van der Waals surface area contributed by atoms with Crippen LogP contribution in [0.5, 0.6) is 11.5 Å². The van der Waals surface area contributed by atoms with E-state index >= 15 is 0 Å². The summed E-state index contributed by atoms with van der Waals surface area (Å²) < 4.78 is 12.5. The smallest absolute Gasteiger partial charge is 0.138 e. The van der Waals surface area contributed by atoms with Gasteiger partial charge in [0.15, 0.2) is 0 Å². The molecule has 2 heteroatoms. The molecule has 0 bridgehead atoms. The molecule has 2 heterocycles. The zero-order valence-electron chi connectivity index (χ0n) is 18.7. The van der Waals surface area contributed by atoms with Gasteiger partial charge in [0.05, 0.1) is 12.5 Å². The van der Waals surface area contributed by atoms with Gasteiger partial charge in [0.2, 0.25) is 0 Å². The fourth-order valence-corrected chi connectivity index (χ4v) is 4.85. The van der Waals surface area contributed by atoms with Crippen molar-refractivity contribution in [2.75, 3.05) is 0 Å². The lowest BCUT2D eigenvalue weighted by Crippen LogP contribution is -2.08. The number of aryl methyl sites for hydroxylation is 4. The first-order chi connectivity index (χ1) is 15.5. The fraction of sp³-hybridized carbons (Fsp3) is 0.133. The minimum absolute atomic E-state index is 0.921. The lowest BCUT2D eigenvalue weighted by Gasteiger charge is -2.28. The van der Waals surface area contributed by atoms with Gasteiger partial charge in [-0.25, -0.2) is 0 Å². The Morgan fingerprint density at radius 3 is 1.25 bits per heavy atom. The van der Waals surface area contributed by atoms with Crippen molar-refractivity contribution >= 4 is 21.9 Å². The van der Waals surface area contributed by atoms with E-state index < -0.39 is 0 Å². The van der Waals surface area contributed by atoms with Gasteiger partial charge in [-0.05, 0) is 73.2 Å². The van der Waals surface area contributed by atoms with Crippen LogP contribution in [-0.2, 0) is 0 Å². The third-order valence-corrected chi connectivity index (χ3v) is 6.58. The third kappa shape index (κ3) is 2.73. The highest BCUT2D eigenvalue weighted by molar-refractivity contribution is 6.12. The molecule has 0 aromatic heterocycles. The van der Waals surface area contributed by atoms with E-state index in [0.29, 0.717) is 0 Å². The van der Waals surface area contributed by atoms with E-state index in [1.165, 1.54) is 22.3 Å². The topological polar surface area (TPSA) is 18.5 Å². The third-order valence-electron chi connectivity index (χ3n) is 6.58. The molecule has 0 unspecified atom stereocenters. The monoisotopic (exact) mass is 416 g/mol. The van der Waals surface area contributed by atoms with E-state index in [1.54, 1.807) is 0 Å². The van der Waals surface area contributed by atoms with Crippen molar-refractivity contribution in [3.63, 3.8) is 0 Å². The number of hydrogen-bond acceptors (Lipinski definition) is 2. The molecule has 6 rings (SSSR count). The Hall–Kier alpha value is -3.78. The van der Waals surface area contributed by atoms with Crippen LogP contribution in [0.15, 0.2) is 73.2 Å². The van der Waals surface area contributed by atoms with Crippen molar-refractivity contribution in [3.8, 4) is 11.5 Å². The van der Waals surface area contributed by atoms with Crippen LogP contribution in [0.3, 0.4) is 0 Å². The molecule has 32 heavy (non-hydrogen) atoms. The minimum atomic E-state index is 0.921. The summed E-state index contributed by atoms with van der Waals surface area (Å²) in [5.74, 6) is 1.84. The lowest BCUT2D eigenvalue weighted by molar-refractivity contribution is 0.474. The quantitative estimate of drug-likeness (QED) is 0.334. The molecule has 0 fully saturated rings. The highest BCUT2D eigenvalue weighted by Crippen LogP contribution is 2.50. The minimum Gasteiger partial charge on any atom is -0.463 e. The Morgan fingerprint density at radius 2 is 0.875 bits per heavy atom. The Balaban J connectivity index is 1.65. The van der Waals surface area contributed by atoms with Gasteiger partial charge in [0, 0.05) is 21.9 Å². The number of ether oxygens (including phenoxy) is 2. The van der Waals surface area contributed by atoms with E-state index in [1.807, 2.05) is 12.5 Å². The predicted octanol–water partition coefficient (Wildman–Crippen LogP) is 7.64. The first-order valence-corrected chi connectivity index (χ1v) is 11.0. The van der Waals surface area contributed by atoms with Gasteiger partial charge >= 0.3 is 0 Å². The Morgan fingerprint density at radius 1 is 0.500 bits per heavy atom. The molecule has 2 aliphatic rings. The second kappa shape index (κ2) is 6.86. The molecule has 0 radical (unpaired) electrons. The van der Waals surface area contributed by atoms with Crippen LogP contribution < -0.4 is 9.47 Å². The van der Waals surface area contributed by atoms with Crippen LogP contribution in [0.25, 0.3) is 21.9 Å². The molecule has 4 aromatic carbocycles. The lowest BCUT2D eigenvalue weighted by atomic mass is 9.83. The maximum Gasteiger partial charge on any atom is 0.138 e. The first-order valence-electron chi connectivity index (χ1n) is 11.0. The average Bonchev–Trinajstić information content (AvgIpc) is 2.79. The number of benzene rings is 4. The molecule has 0 spiro atoms. The summed E-state index contributed by atoms with van der Waals surface area (Å²) in [5, 5.41) is 2.27. The Labute approximate surface area is 188 Å². The molecule has 0 N–H and O–H groups in total. The average molecular weight is 417 g/mol. The summed E-state index contributed by atoms with van der Waals surface area (Å²) in [6, 6.07) is 21.7. The van der Waals surface area contributed by atoms with E-state index in [4.69, 9.17) is 9.47 Å². The zero-order valence-corrected chi connectivity index (χ0v) is 18.7. The summed E-state index contributed by atoms with van der Waals surface area (Å²) in [5.41, 5.74) is 11.7. The van der Waals surface area contributed by atoms with Gasteiger partial charge in [0.25, 0.3) is 0 Å². The molecule has 0 aliphatic carbocycles. The standard InChI is InChI=1S/C30H24O2/c1-17-5-9-21(10-6-17)25-15-31-29-20(4)14-24-26(22-11-7-18(2)8-12-22)16-32-30-19(3)13-23(25)27(29)28(24)30/h5-16H,1-4H3. The second-order valence-electron chi connectivity index (χ2n) is 8.92. The van der Waals surface area contributed by atoms with Crippen LogP contribution in [-0.4, -0.2) is 0 Å². The Bertz CT molecular complexity index is 1350. The molecular formula is C30H24O2. The van der Waals surface area contributed by atoms with Crippen LogP contribution in [0.1, 0.15) is 44.5 Å². The normalized spacial score (nSPS) is 13.9. The fourth-order valence-electron chi connectivity index (χ4n) is 4.85. The molecule has 2 aliphatic heterocycles. The van der Waals surface area contributed by atoms with Crippen molar-refractivity contribution in [3.05, 3.63) is 118 Å². The summed E-state index contributed by atoms with van der Waals surface area (Å²) in [6.45, 7) is 8.48. The van der Waals surface area contributed by atoms with Crippen molar-refractivity contribution in [1.82, 2.24) is 0 Å². The van der Waals surface area contributed by atoms with Gasteiger partial charge in [-0.3, -0.25) is 0 Å². The number of hydrogen-bond donors (Lipinski definition) is 0. The van der Waals surface area contributed by atoms with Crippen molar-refractivity contribution in [1.29, 1.82) is 0 Å². The van der Waals surface area contributed by atoms with Crippen LogP contribution in [0.2, 0.25) is 0 Å². The van der Waals surface area contributed by atoms with E-state index in [2.05, 4.69) is 88.4 Å². The van der Waals surface area contributed by atoms with Crippen molar-refractivity contribution in [2.24, 2.45) is 0 Å². The van der Waals surface area contributed by atoms with Crippen molar-refractivity contribution in [2.45, 2.75) is 27.7 Å². The van der Waals surface area contributed by atoms with Crippen molar-refractivity contribution < 1.29 is 9.47 Å². The predicted molar refractivity (Wildman–Crippen MR) is 131 cm³/mol. The van der Waals surface area contributed by atoms with Gasteiger partial charge in [0.1, 0.15) is 11.5 Å². The molecule has 0 atom stereocenters. The largest absolute Gasteiger partial charge is 0.463 e. The summed E-state index contributed by atoms with van der Waals surface area (Å²) in [6.07, 6.45) is 3.80. The second-order valence-corrected chi connectivity index (χ2v) is 8.92. The zero-order chi connectivity index (χ0) is 22.0. The van der Waals surface area contributed by atoms with E-state index in [0.717, 1.165) is 55.7 Å². The van der Waals surface area contributed by atoms with Gasteiger partial charge in [-0.15, -0.1) is 0 Å². The van der Waals surface area contributed by atoms with E-state index in [9.17, 15) is 0 Å². The summed E-state index contributed by atoms with van der Waals surface area (Å²) >= 11 is 0. The summed E-state index contributed by atoms with van der Waals surface area (Å²) in [4.78, 5) is 0. The SMILES string of the molecule is Cc1ccc(C2=COc3c(C)cc4c5c(c(C)cc2c35)OC=C4c2ccc(C)cc2)cc1. The molecule has 2 nitrogen and oxygen atoms in total.